The Hall–Kier alpha value is -3.49. The number of nitrogens with zero attached hydrogens (tertiary/aromatic N) is 2. The van der Waals surface area contributed by atoms with Crippen LogP contribution < -0.4 is 16.0 Å². The molecule has 2 rings (SSSR count). The number of rotatable bonds is 6. The van der Waals surface area contributed by atoms with Crippen molar-refractivity contribution in [3.05, 3.63) is 35.9 Å². The second-order valence-corrected chi connectivity index (χ2v) is 5.25. The molecule has 2 amide bonds. The number of amides is 2. The maximum atomic E-state index is 11.7. The van der Waals surface area contributed by atoms with Gasteiger partial charge in [0, 0.05) is 25.6 Å². The molecule has 0 unspecified atom stereocenters. The third-order valence-electron chi connectivity index (χ3n) is 2.99. The number of ether oxygens (including phenoxy) is 1. The third-order valence-corrected chi connectivity index (χ3v) is 2.99. The lowest BCUT2D eigenvalue weighted by atomic mass is 10.2. The molecule has 1 aromatic carbocycles. The van der Waals surface area contributed by atoms with E-state index in [-0.39, 0.29) is 23.6 Å². The van der Waals surface area contributed by atoms with Crippen LogP contribution in [0.1, 0.15) is 31.1 Å². The molecule has 0 aliphatic heterocycles. The topological polar surface area (TPSA) is 122 Å². The van der Waals surface area contributed by atoms with Gasteiger partial charge in [0.2, 0.25) is 17.8 Å². The number of benzene rings is 1. The predicted molar refractivity (Wildman–Crippen MR) is 96.3 cm³/mol. The summed E-state index contributed by atoms with van der Waals surface area (Å²) in [7, 11) is 0. The first kappa shape index (κ1) is 18.8. The Kier molecular flexibility index (Phi) is 6.20. The first-order chi connectivity index (χ1) is 12.4. The van der Waals surface area contributed by atoms with Crippen molar-refractivity contribution in [3.63, 3.8) is 0 Å². The molecule has 136 valence electrons. The van der Waals surface area contributed by atoms with E-state index >= 15 is 0 Å². The van der Waals surface area contributed by atoms with Crippen LogP contribution in [-0.4, -0.2) is 34.4 Å². The number of nitrogens with one attached hydrogen (secondary N) is 3. The summed E-state index contributed by atoms with van der Waals surface area (Å²) in [5.74, 6) is -0.397. The zero-order chi connectivity index (χ0) is 19.1. The zero-order valence-electron chi connectivity index (χ0n) is 14.6. The molecular formula is C17H19N5O4. The van der Waals surface area contributed by atoms with E-state index in [0.29, 0.717) is 23.7 Å². The summed E-state index contributed by atoms with van der Waals surface area (Å²) in [5, 5.41) is 8.03. The molecule has 1 aromatic heterocycles. The van der Waals surface area contributed by atoms with Crippen LogP contribution in [0.4, 0.5) is 23.3 Å². The van der Waals surface area contributed by atoms with Crippen molar-refractivity contribution in [2.75, 3.05) is 22.6 Å². The van der Waals surface area contributed by atoms with E-state index in [2.05, 4.69) is 25.9 Å². The van der Waals surface area contributed by atoms with Crippen LogP contribution in [0.15, 0.2) is 30.3 Å². The summed E-state index contributed by atoms with van der Waals surface area (Å²) < 4.78 is 4.93. The molecule has 3 N–H and O–H groups in total. The molecular weight excluding hydrogens is 338 g/mol. The van der Waals surface area contributed by atoms with Gasteiger partial charge in [-0.2, -0.15) is 9.97 Å². The number of carbonyl (C=O) groups excluding carboxylic acids is 3. The normalized spacial score (nSPS) is 9.96. The Balaban J connectivity index is 2.22. The van der Waals surface area contributed by atoms with Crippen molar-refractivity contribution in [3.8, 4) is 0 Å². The van der Waals surface area contributed by atoms with Gasteiger partial charge >= 0.3 is 5.97 Å². The summed E-state index contributed by atoms with van der Waals surface area (Å²) >= 11 is 0. The van der Waals surface area contributed by atoms with Gasteiger partial charge in [-0.25, -0.2) is 4.79 Å². The highest BCUT2D eigenvalue weighted by molar-refractivity contribution is 5.91. The lowest BCUT2D eigenvalue weighted by Gasteiger charge is -2.10. The van der Waals surface area contributed by atoms with E-state index in [1.807, 2.05) is 0 Å². The SMILES string of the molecule is CCOC(=O)c1ccc(Nc2cc(NC(C)=O)nc(NC(C)=O)n2)cc1. The van der Waals surface area contributed by atoms with Crippen molar-refractivity contribution < 1.29 is 19.1 Å². The third kappa shape index (κ3) is 5.55. The maximum Gasteiger partial charge on any atom is 0.338 e. The van der Waals surface area contributed by atoms with Gasteiger partial charge in [-0.15, -0.1) is 0 Å². The lowest BCUT2D eigenvalue weighted by molar-refractivity contribution is -0.115. The molecule has 26 heavy (non-hydrogen) atoms. The first-order valence-corrected chi connectivity index (χ1v) is 7.86. The summed E-state index contributed by atoms with van der Waals surface area (Å²) in [6.45, 7) is 4.72. The largest absolute Gasteiger partial charge is 0.462 e. The molecule has 1 heterocycles. The van der Waals surface area contributed by atoms with Gasteiger partial charge in [-0.3, -0.25) is 14.9 Å². The number of hydrogen-bond donors (Lipinski definition) is 3. The van der Waals surface area contributed by atoms with Gasteiger partial charge in [0.25, 0.3) is 0 Å². The lowest BCUT2D eigenvalue weighted by Crippen LogP contribution is -2.13. The fourth-order valence-electron chi connectivity index (χ4n) is 2.02. The van der Waals surface area contributed by atoms with Crippen LogP contribution >= 0.6 is 0 Å². The van der Waals surface area contributed by atoms with Crippen LogP contribution in [-0.2, 0) is 14.3 Å². The molecule has 0 bridgehead atoms. The molecule has 0 saturated heterocycles. The summed E-state index contributed by atoms with van der Waals surface area (Å²) in [4.78, 5) is 42.3. The minimum atomic E-state index is -0.401. The second-order valence-electron chi connectivity index (χ2n) is 5.25. The van der Waals surface area contributed by atoms with Gasteiger partial charge in [0.15, 0.2) is 0 Å². The standard InChI is InChI=1S/C17H19N5O4/c1-4-26-16(25)12-5-7-13(8-6-12)20-15-9-14(18-10(2)23)21-17(22-15)19-11(3)24/h5-9H,4H2,1-3H3,(H3,18,19,20,21,22,23,24). The monoisotopic (exact) mass is 357 g/mol. The molecule has 9 heteroatoms. The van der Waals surface area contributed by atoms with E-state index in [4.69, 9.17) is 4.74 Å². The Morgan fingerprint density at radius 2 is 1.58 bits per heavy atom. The van der Waals surface area contributed by atoms with E-state index < -0.39 is 5.97 Å². The first-order valence-electron chi connectivity index (χ1n) is 7.86. The Labute approximate surface area is 150 Å². The number of hydrogen-bond acceptors (Lipinski definition) is 7. The average molecular weight is 357 g/mol. The van der Waals surface area contributed by atoms with Crippen molar-refractivity contribution in [1.82, 2.24) is 9.97 Å². The number of aromatic nitrogens is 2. The molecule has 0 radical (unpaired) electrons. The van der Waals surface area contributed by atoms with Crippen molar-refractivity contribution in [1.29, 1.82) is 0 Å². The van der Waals surface area contributed by atoms with Crippen LogP contribution in [0.3, 0.4) is 0 Å². The molecule has 2 aromatic rings. The highest BCUT2D eigenvalue weighted by Gasteiger charge is 2.09. The van der Waals surface area contributed by atoms with Crippen LogP contribution in [0, 0.1) is 0 Å². The number of anilines is 4. The maximum absolute atomic E-state index is 11.7. The Morgan fingerprint density at radius 1 is 0.962 bits per heavy atom. The molecule has 9 nitrogen and oxygen atoms in total. The van der Waals surface area contributed by atoms with Crippen molar-refractivity contribution in [2.24, 2.45) is 0 Å². The minimum absolute atomic E-state index is 0.0504. The summed E-state index contributed by atoms with van der Waals surface area (Å²) in [6, 6.07) is 8.12. The number of esters is 1. The van der Waals surface area contributed by atoms with Crippen molar-refractivity contribution >= 4 is 41.1 Å². The number of carbonyl (C=O) groups is 3. The van der Waals surface area contributed by atoms with Gasteiger partial charge < -0.3 is 15.4 Å². The quantitative estimate of drug-likeness (QED) is 0.678. The van der Waals surface area contributed by atoms with E-state index in [0.717, 1.165) is 0 Å². The average Bonchev–Trinajstić information content (AvgIpc) is 2.54. The van der Waals surface area contributed by atoms with Crippen molar-refractivity contribution in [2.45, 2.75) is 20.8 Å². The smallest absolute Gasteiger partial charge is 0.338 e. The molecule has 0 aliphatic carbocycles. The van der Waals surface area contributed by atoms with E-state index in [9.17, 15) is 14.4 Å². The molecule has 0 fully saturated rings. The van der Waals surface area contributed by atoms with Gasteiger partial charge in [0.05, 0.1) is 12.2 Å². The molecule has 0 aliphatic rings. The minimum Gasteiger partial charge on any atom is -0.462 e. The van der Waals surface area contributed by atoms with Gasteiger partial charge in [0.1, 0.15) is 11.6 Å². The van der Waals surface area contributed by atoms with E-state index in [1.54, 1.807) is 31.2 Å². The Bertz CT molecular complexity index is 786. The van der Waals surface area contributed by atoms with Gasteiger partial charge in [-0.1, -0.05) is 0 Å². The Morgan fingerprint density at radius 3 is 2.15 bits per heavy atom. The zero-order valence-corrected chi connectivity index (χ0v) is 14.6. The van der Waals surface area contributed by atoms with Crippen LogP contribution in [0.5, 0.6) is 0 Å². The molecule has 0 atom stereocenters. The van der Waals surface area contributed by atoms with Crippen LogP contribution in [0.25, 0.3) is 0 Å². The highest BCUT2D eigenvalue weighted by Crippen LogP contribution is 2.20. The summed E-state index contributed by atoms with van der Waals surface area (Å²) in [6.07, 6.45) is 0. The van der Waals surface area contributed by atoms with Crippen LogP contribution in [0.2, 0.25) is 0 Å². The second kappa shape index (κ2) is 8.56. The summed E-state index contributed by atoms with van der Waals surface area (Å²) in [5.41, 5.74) is 1.08. The van der Waals surface area contributed by atoms with E-state index in [1.165, 1.54) is 19.9 Å². The predicted octanol–water partition coefficient (Wildman–Crippen LogP) is 2.31. The van der Waals surface area contributed by atoms with Gasteiger partial charge in [-0.05, 0) is 31.2 Å². The highest BCUT2D eigenvalue weighted by atomic mass is 16.5. The fraction of sp³-hybridized carbons (Fsp3) is 0.235. The molecule has 0 spiro atoms. The molecule has 0 saturated carbocycles. The fourth-order valence-corrected chi connectivity index (χ4v) is 2.02.